The Morgan fingerprint density at radius 2 is 2.03 bits per heavy atom. The van der Waals surface area contributed by atoms with Crippen molar-refractivity contribution >= 4 is 23.3 Å². The minimum absolute atomic E-state index is 0.0663. The minimum atomic E-state index is -4.75. The van der Waals surface area contributed by atoms with Crippen LogP contribution < -0.4 is 14.8 Å². The van der Waals surface area contributed by atoms with Gasteiger partial charge in [0.05, 0.1) is 18.0 Å². The molecule has 1 aliphatic heterocycles. The molecule has 0 radical (unpaired) electrons. The zero-order valence-electron chi connectivity index (χ0n) is 15.5. The van der Waals surface area contributed by atoms with Gasteiger partial charge in [-0.2, -0.15) is 0 Å². The number of nitrogens with zero attached hydrogens (tertiary/aromatic N) is 2. The molecule has 1 aromatic carbocycles. The number of nitrogens with one attached hydrogen (secondary N) is 1. The van der Waals surface area contributed by atoms with Gasteiger partial charge in [-0.3, -0.25) is 10.1 Å². The van der Waals surface area contributed by atoms with Gasteiger partial charge in [0.15, 0.2) is 0 Å². The summed E-state index contributed by atoms with van der Waals surface area (Å²) in [5.41, 5.74) is 1.05. The van der Waals surface area contributed by atoms with Gasteiger partial charge in [0, 0.05) is 19.0 Å². The lowest BCUT2D eigenvalue weighted by atomic mass is 10.1. The van der Waals surface area contributed by atoms with Gasteiger partial charge in [-0.15, -0.1) is 13.2 Å². The lowest BCUT2D eigenvalue weighted by molar-refractivity contribution is -0.597. The fourth-order valence-electron chi connectivity index (χ4n) is 3.19. The second kappa shape index (κ2) is 8.36. The summed E-state index contributed by atoms with van der Waals surface area (Å²) in [5, 5.41) is 15.7. The maximum absolute atomic E-state index is 12.5. The summed E-state index contributed by atoms with van der Waals surface area (Å²) in [6, 6.07) is 8.23. The van der Waals surface area contributed by atoms with E-state index in [1.807, 2.05) is 0 Å². The molecule has 1 saturated heterocycles. The number of aromatic nitrogens is 1. The Morgan fingerprint density at radius 1 is 1.34 bits per heavy atom. The number of benzene rings is 1. The van der Waals surface area contributed by atoms with Crippen molar-refractivity contribution < 1.29 is 27.4 Å². The van der Waals surface area contributed by atoms with Crippen LogP contribution in [0.1, 0.15) is 17.7 Å². The minimum Gasteiger partial charge on any atom is -0.710 e. The number of pyridine rings is 1. The SMILES string of the molecule is Cc1cc(Cl)cc(N[C@H]2CCN(C(=O)Cc3ccc(OC(F)(F)F)cc3)C2)[n+]1[O-]. The highest BCUT2D eigenvalue weighted by Crippen LogP contribution is 2.23. The third kappa shape index (κ3) is 5.66. The highest BCUT2D eigenvalue weighted by atomic mass is 35.5. The van der Waals surface area contributed by atoms with Crippen molar-refractivity contribution in [1.82, 2.24) is 4.90 Å². The lowest BCUT2D eigenvalue weighted by Crippen LogP contribution is -2.38. The van der Waals surface area contributed by atoms with Crippen LogP contribution in [-0.4, -0.2) is 36.3 Å². The number of carbonyl (C=O) groups excluding carboxylic acids is 1. The van der Waals surface area contributed by atoms with E-state index in [1.54, 1.807) is 17.9 Å². The molecular weight excluding hydrogens is 411 g/mol. The number of carbonyl (C=O) groups is 1. The van der Waals surface area contributed by atoms with Crippen LogP contribution in [-0.2, 0) is 11.2 Å². The van der Waals surface area contributed by atoms with Crippen LogP contribution in [0.25, 0.3) is 0 Å². The average Bonchev–Trinajstić information content (AvgIpc) is 3.08. The van der Waals surface area contributed by atoms with E-state index in [4.69, 9.17) is 11.6 Å². The van der Waals surface area contributed by atoms with E-state index < -0.39 is 6.36 Å². The maximum atomic E-state index is 12.5. The quantitative estimate of drug-likeness (QED) is 0.584. The predicted molar refractivity (Wildman–Crippen MR) is 101 cm³/mol. The van der Waals surface area contributed by atoms with Crippen molar-refractivity contribution in [1.29, 1.82) is 0 Å². The second-order valence-electron chi connectivity index (χ2n) is 6.83. The molecule has 3 rings (SSSR count). The van der Waals surface area contributed by atoms with E-state index in [9.17, 15) is 23.2 Å². The number of likely N-dealkylation sites (tertiary alicyclic amines) is 1. The third-order valence-electron chi connectivity index (χ3n) is 4.57. The van der Waals surface area contributed by atoms with Crippen LogP contribution >= 0.6 is 11.6 Å². The Hall–Kier alpha value is -2.68. The number of amides is 1. The van der Waals surface area contributed by atoms with Crippen LogP contribution in [0, 0.1) is 12.1 Å². The molecule has 29 heavy (non-hydrogen) atoms. The van der Waals surface area contributed by atoms with Gasteiger partial charge in [-0.25, -0.2) is 4.73 Å². The fourth-order valence-corrected chi connectivity index (χ4v) is 3.45. The first-order valence-electron chi connectivity index (χ1n) is 8.89. The van der Waals surface area contributed by atoms with Gasteiger partial charge >= 0.3 is 6.36 Å². The van der Waals surface area contributed by atoms with E-state index in [0.717, 1.165) is 4.73 Å². The number of rotatable bonds is 5. The van der Waals surface area contributed by atoms with Gasteiger partial charge in [0.25, 0.3) is 5.82 Å². The summed E-state index contributed by atoms with van der Waals surface area (Å²) in [7, 11) is 0. The lowest BCUT2D eigenvalue weighted by Gasteiger charge is -2.17. The van der Waals surface area contributed by atoms with Gasteiger partial charge < -0.3 is 14.8 Å². The van der Waals surface area contributed by atoms with Gasteiger partial charge in [-0.05, 0) is 30.7 Å². The normalized spacial score (nSPS) is 16.7. The van der Waals surface area contributed by atoms with Crippen molar-refractivity contribution in [2.75, 3.05) is 18.4 Å². The molecule has 1 amide bonds. The number of ether oxygens (including phenoxy) is 1. The van der Waals surface area contributed by atoms with Crippen LogP contribution in [0.4, 0.5) is 19.0 Å². The molecule has 0 aliphatic carbocycles. The monoisotopic (exact) mass is 429 g/mol. The van der Waals surface area contributed by atoms with Gasteiger partial charge in [0.2, 0.25) is 5.91 Å². The number of halogens is 4. The first-order chi connectivity index (χ1) is 13.6. The van der Waals surface area contributed by atoms with Crippen molar-refractivity contribution in [3.05, 3.63) is 57.9 Å². The molecule has 1 N–H and O–H groups in total. The Labute approximate surface area is 170 Å². The molecule has 0 saturated carbocycles. The number of alkyl halides is 3. The Bertz CT molecular complexity index is 891. The van der Waals surface area contributed by atoms with Crippen molar-refractivity contribution in [2.45, 2.75) is 32.2 Å². The highest BCUT2D eigenvalue weighted by molar-refractivity contribution is 6.30. The first kappa shape index (κ1) is 21.0. The van der Waals surface area contributed by atoms with Crippen molar-refractivity contribution in [3.63, 3.8) is 0 Å². The van der Waals surface area contributed by atoms with E-state index in [-0.39, 0.29) is 24.1 Å². The summed E-state index contributed by atoms with van der Waals surface area (Å²) in [4.78, 5) is 14.2. The molecule has 1 aromatic heterocycles. The molecule has 0 bridgehead atoms. The molecule has 2 heterocycles. The summed E-state index contributed by atoms with van der Waals surface area (Å²) in [6.45, 7) is 2.59. The molecule has 1 atom stereocenters. The van der Waals surface area contributed by atoms with E-state index >= 15 is 0 Å². The van der Waals surface area contributed by atoms with Gasteiger partial charge in [-0.1, -0.05) is 23.7 Å². The largest absolute Gasteiger partial charge is 0.710 e. The molecule has 10 heteroatoms. The number of aryl methyl sites for hydroxylation is 1. The van der Waals surface area contributed by atoms with Gasteiger partial charge in [0.1, 0.15) is 17.5 Å². The van der Waals surface area contributed by atoms with E-state index in [0.29, 0.717) is 41.6 Å². The number of anilines is 1. The van der Waals surface area contributed by atoms with Crippen LogP contribution in [0.5, 0.6) is 5.75 Å². The molecule has 0 spiro atoms. The van der Waals surface area contributed by atoms with Crippen molar-refractivity contribution in [2.24, 2.45) is 0 Å². The Kier molecular flexibility index (Phi) is 6.07. The molecule has 1 fully saturated rings. The molecule has 6 nitrogen and oxygen atoms in total. The standard InChI is InChI=1S/C19H19ClF3N3O3/c1-12-8-14(20)10-17(26(12)28)24-15-6-7-25(11-15)18(27)9-13-2-4-16(5-3-13)29-19(21,22)23/h2-5,8,10,15,24H,6-7,9,11H2,1H3/t15-/m0/s1. The Balaban J connectivity index is 1.55. The van der Waals surface area contributed by atoms with E-state index in [2.05, 4.69) is 10.1 Å². The zero-order valence-corrected chi connectivity index (χ0v) is 16.3. The summed E-state index contributed by atoms with van der Waals surface area (Å²) in [5.74, 6) is -0.146. The fraction of sp³-hybridized carbons (Fsp3) is 0.368. The van der Waals surface area contributed by atoms with Crippen molar-refractivity contribution in [3.8, 4) is 5.75 Å². The van der Waals surface area contributed by atoms with Crippen LogP contribution in [0.15, 0.2) is 36.4 Å². The summed E-state index contributed by atoms with van der Waals surface area (Å²) < 4.78 is 41.2. The maximum Gasteiger partial charge on any atom is 0.573 e. The van der Waals surface area contributed by atoms with Crippen LogP contribution in [0.3, 0.4) is 0 Å². The zero-order chi connectivity index (χ0) is 21.2. The molecular formula is C19H19ClF3N3O3. The highest BCUT2D eigenvalue weighted by Gasteiger charge is 2.31. The number of hydrogen-bond donors (Lipinski definition) is 1. The van der Waals surface area contributed by atoms with E-state index in [1.165, 1.54) is 30.3 Å². The predicted octanol–water partition coefficient (Wildman–Crippen LogP) is 3.44. The smallest absolute Gasteiger partial charge is 0.573 e. The molecule has 1 aliphatic rings. The second-order valence-corrected chi connectivity index (χ2v) is 7.27. The van der Waals surface area contributed by atoms with Crippen LogP contribution in [0.2, 0.25) is 5.02 Å². The Morgan fingerprint density at radius 3 is 2.69 bits per heavy atom. The summed E-state index contributed by atoms with van der Waals surface area (Å²) >= 11 is 6.00. The molecule has 0 unspecified atom stereocenters. The molecule has 156 valence electrons. The topological polar surface area (TPSA) is 68.5 Å². The first-order valence-corrected chi connectivity index (χ1v) is 9.27. The average molecular weight is 430 g/mol. The third-order valence-corrected chi connectivity index (χ3v) is 4.78. The number of hydrogen-bond acceptors (Lipinski definition) is 4. The summed E-state index contributed by atoms with van der Waals surface area (Å²) in [6.07, 6.45) is -4.02. The molecule has 2 aromatic rings.